The lowest BCUT2D eigenvalue weighted by atomic mass is 10.2. The van der Waals surface area contributed by atoms with Crippen molar-refractivity contribution in [2.24, 2.45) is 0 Å². The molecule has 0 saturated heterocycles. The van der Waals surface area contributed by atoms with Gasteiger partial charge in [-0.2, -0.15) is 18.3 Å². The number of nitrogens with two attached hydrogens (primary N) is 1. The van der Waals surface area contributed by atoms with Gasteiger partial charge in [-0.15, -0.1) is 0 Å². The molecule has 11 heteroatoms. The van der Waals surface area contributed by atoms with Gasteiger partial charge in [-0.05, 0) is 18.6 Å². The molecule has 0 aromatic carbocycles. The van der Waals surface area contributed by atoms with Gasteiger partial charge in [-0.25, -0.2) is 9.31 Å². The Bertz CT molecular complexity index is 730. The van der Waals surface area contributed by atoms with Gasteiger partial charge >= 0.3 is 12.1 Å². The zero-order valence-corrected chi connectivity index (χ0v) is 13.2. The lowest BCUT2D eigenvalue weighted by molar-refractivity contribution is -0.192. The van der Waals surface area contributed by atoms with Crippen LogP contribution in [-0.2, 0) is 9.53 Å². The maximum atomic E-state index is 11.9. The first-order valence-corrected chi connectivity index (χ1v) is 6.97. The number of alkyl halides is 3. The largest absolute Gasteiger partial charge is 0.490 e. The average molecular weight is 362 g/mol. The van der Waals surface area contributed by atoms with Crippen LogP contribution in [0.3, 0.4) is 0 Å². The van der Waals surface area contributed by atoms with E-state index in [2.05, 4.69) is 10.4 Å². The van der Waals surface area contributed by atoms with Crippen LogP contribution in [0.1, 0.15) is 16.8 Å². The zero-order valence-electron chi connectivity index (χ0n) is 13.2. The summed E-state index contributed by atoms with van der Waals surface area (Å²) in [6.45, 7) is 1.20. The Morgan fingerprint density at radius 3 is 2.64 bits per heavy atom. The van der Waals surface area contributed by atoms with Crippen LogP contribution >= 0.6 is 0 Å². The maximum absolute atomic E-state index is 11.9. The number of halogens is 3. The Balaban J connectivity index is 0.000000381. The topological polar surface area (TPSA) is 119 Å². The highest BCUT2D eigenvalue weighted by molar-refractivity contribution is 6.00. The number of nitrogens with one attached hydrogen (secondary N) is 1. The molecule has 1 amide bonds. The molecule has 0 aliphatic carbocycles. The number of pyridine rings is 1. The van der Waals surface area contributed by atoms with Crippen LogP contribution in [0, 0.1) is 0 Å². The molecule has 8 nitrogen and oxygen atoms in total. The summed E-state index contributed by atoms with van der Waals surface area (Å²) >= 11 is 0. The van der Waals surface area contributed by atoms with E-state index < -0.39 is 12.1 Å². The SMILES string of the molecule is COCCCNC(=O)c1cnn2ccc(N)cc12.O=C(O)C(F)(F)F. The van der Waals surface area contributed by atoms with E-state index in [4.69, 9.17) is 20.4 Å². The molecule has 0 saturated carbocycles. The van der Waals surface area contributed by atoms with Crippen LogP contribution in [0.2, 0.25) is 0 Å². The molecule has 0 aliphatic heterocycles. The first kappa shape index (κ1) is 20.2. The number of amides is 1. The lowest BCUT2D eigenvalue weighted by Crippen LogP contribution is -2.25. The monoisotopic (exact) mass is 362 g/mol. The molecule has 0 fully saturated rings. The van der Waals surface area contributed by atoms with Crippen molar-refractivity contribution in [2.75, 3.05) is 26.0 Å². The van der Waals surface area contributed by atoms with Gasteiger partial charge in [0.05, 0.1) is 17.3 Å². The first-order valence-electron chi connectivity index (χ1n) is 6.97. The van der Waals surface area contributed by atoms with Gasteiger partial charge in [0.25, 0.3) is 5.91 Å². The number of methoxy groups -OCH3 is 1. The minimum atomic E-state index is -5.08. The number of carboxylic acid groups (broad SMARTS) is 1. The smallest absolute Gasteiger partial charge is 0.475 e. The standard InChI is InChI=1S/C12H16N4O2.C2HF3O2/c1-18-6-2-4-14-12(17)10-8-15-16-5-3-9(13)7-11(10)16;3-2(4,5)1(6)7/h3,5,7-8H,2,4,6,13H2,1H3,(H,14,17);(H,6,7). The summed E-state index contributed by atoms with van der Waals surface area (Å²) in [6.07, 6.45) is -1.03. The average Bonchev–Trinajstić information content (AvgIpc) is 2.94. The number of carboxylic acids is 1. The Morgan fingerprint density at radius 2 is 2.08 bits per heavy atom. The minimum absolute atomic E-state index is 0.147. The number of hydrogen-bond acceptors (Lipinski definition) is 5. The van der Waals surface area contributed by atoms with Gasteiger partial charge < -0.3 is 20.9 Å². The van der Waals surface area contributed by atoms with Crippen molar-refractivity contribution in [1.29, 1.82) is 0 Å². The summed E-state index contributed by atoms with van der Waals surface area (Å²) in [7, 11) is 1.63. The van der Waals surface area contributed by atoms with E-state index in [-0.39, 0.29) is 5.91 Å². The molecule has 25 heavy (non-hydrogen) atoms. The van der Waals surface area contributed by atoms with Gasteiger partial charge in [0.1, 0.15) is 0 Å². The van der Waals surface area contributed by atoms with E-state index in [1.165, 1.54) is 0 Å². The summed E-state index contributed by atoms with van der Waals surface area (Å²) in [6, 6.07) is 3.47. The number of aliphatic carboxylic acids is 1. The van der Waals surface area contributed by atoms with Crippen LogP contribution in [0.4, 0.5) is 18.9 Å². The third-order valence-electron chi connectivity index (χ3n) is 2.84. The van der Waals surface area contributed by atoms with E-state index in [1.54, 1.807) is 36.2 Å². The fourth-order valence-corrected chi connectivity index (χ4v) is 1.69. The zero-order chi connectivity index (χ0) is 19.0. The fraction of sp³-hybridized carbons (Fsp3) is 0.357. The summed E-state index contributed by atoms with van der Waals surface area (Å²) in [5, 5.41) is 14.0. The summed E-state index contributed by atoms with van der Waals surface area (Å²) in [5.74, 6) is -2.90. The molecule has 4 N–H and O–H groups in total. The van der Waals surface area contributed by atoms with Crippen molar-refractivity contribution in [3.05, 3.63) is 30.1 Å². The normalized spacial score (nSPS) is 10.9. The third-order valence-corrected chi connectivity index (χ3v) is 2.84. The van der Waals surface area contributed by atoms with Crippen molar-refractivity contribution in [2.45, 2.75) is 12.6 Å². The van der Waals surface area contributed by atoms with E-state index in [9.17, 15) is 18.0 Å². The minimum Gasteiger partial charge on any atom is -0.475 e. The molecular formula is C14H17F3N4O4. The number of carbonyl (C=O) groups excluding carboxylic acids is 1. The molecular weight excluding hydrogens is 345 g/mol. The van der Waals surface area contributed by atoms with E-state index in [0.29, 0.717) is 29.9 Å². The van der Waals surface area contributed by atoms with Crippen LogP contribution in [0.15, 0.2) is 24.5 Å². The summed E-state index contributed by atoms with van der Waals surface area (Å²) in [4.78, 5) is 20.8. The van der Waals surface area contributed by atoms with Gasteiger partial charge in [-0.1, -0.05) is 0 Å². The van der Waals surface area contributed by atoms with Gasteiger partial charge in [-0.3, -0.25) is 4.79 Å². The third kappa shape index (κ3) is 6.30. The van der Waals surface area contributed by atoms with Crippen LogP contribution in [0.25, 0.3) is 5.52 Å². The van der Waals surface area contributed by atoms with Crippen molar-refractivity contribution in [3.8, 4) is 0 Å². The second kappa shape index (κ2) is 8.87. The Labute approximate surface area is 140 Å². The molecule has 138 valence electrons. The molecule has 0 bridgehead atoms. The Morgan fingerprint density at radius 1 is 1.44 bits per heavy atom. The summed E-state index contributed by atoms with van der Waals surface area (Å²) < 4.78 is 38.3. The van der Waals surface area contributed by atoms with Gasteiger partial charge in [0, 0.05) is 32.1 Å². The van der Waals surface area contributed by atoms with Crippen molar-refractivity contribution >= 4 is 23.1 Å². The predicted molar refractivity (Wildman–Crippen MR) is 82.1 cm³/mol. The first-order chi connectivity index (χ1) is 11.7. The number of nitrogens with zero attached hydrogens (tertiary/aromatic N) is 2. The second-order valence-electron chi connectivity index (χ2n) is 4.75. The molecule has 0 aliphatic rings. The number of fused-ring (bicyclic) bond motifs is 1. The molecule has 2 aromatic heterocycles. The molecule has 0 spiro atoms. The van der Waals surface area contributed by atoms with Crippen LogP contribution < -0.4 is 11.1 Å². The van der Waals surface area contributed by atoms with Gasteiger partial charge in [0.15, 0.2) is 0 Å². The van der Waals surface area contributed by atoms with Crippen molar-refractivity contribution < 1.29 is 32.6 Å². The maximum Gasteiger partial charge on any atom is 0.490 e. The molecule has 2 heterocycles. The molecule has 2 rings (SSSR count). The molecule has 2 aromatic rings. The number of carbonyl (C=O) groups is 2. The quantitative estimate of drug-likeness (QED) is 0.690. The highest BCUT2D eigenvalue weighted by atomic mass is 19.4. The number of aromatic nitrogens is 2. The van der Waals surface area contributed by atoms with E-state index in [0.717, 1.165) is 6.42 Å². The number of rotatable bonds is 5. The lowest BCUT2D eigenvalue weighted by Gasteiger charge is -2.03. The Hall–Kier alpha value is -2.82. The number of ether oxygens (including phenoxy) is 1. The highest BCUT2D eigenvalue weighted by Gasteiger charge is 2.38. The predicted octanol–water partition coefficient (Wildman–Crippen LogP) is 1.32. The molecule has 0 unspecified atom stereocenters. The van der Waals surface area contributed by atoms with Crippen LogP contribution in [0.5, 0.6) is 0 Å². The van der Waals surface area contributed by atoms with E-state index >= 15 is 0 Å². The highest BCUT2D eigenvalue weighted by Crippen LogP contribution is 2.14. The Kier molecular flexibility index (Phi) is 7.18. The molecule has 0 atom stereocenters. The summed E-state index contributed by atoms with van der Waals surface area (Å²) in [5.41, 5.74) is 7.55. The van der Waals surface area contributed by atoms with Crippen LogP contribution in [-0.4, -0.2) is 53.0 Å². The molecule has 0 radical (unpaired) electrons. The van der Waals surface area contributed by atoms with Crippen molar-refractivity contribution in [3.63, 3.8) is 0 Å². The van der Waals surface area contributed by atoms with Gasteiger partial charge in [0.2, 0.25) is 0 Å². The van der Waals surface area contributed by atoms with Crippen molar-refractivity contribution in [1.82, 2.24) is 14.9 Å². The number of hydrogen-bond donors (Lipinski definition) is 3. The number of nitrogen functional groups attached to an aromatic ring is 1. The second-order valence-corrected chi connectivity index (χ2v) is 4.75. The number of anilines is 1. The fourth-order valence-electron chi connectivity index (χ4n) is 1.69. The van der Waals surface area contributed by atoms with E-state index in [1.807, 2.05) is 0 Å².